The van der Waals surface area contributed by atoms with E-state index in [1.807, 2.05) is 30.3 Å². The van der Waals surface area contributed by atoms with Gasteiger partial charge >= 0.3 is 0 Å². The van der Waals surface area contributed by atoms with Gasteiger partial charge in [0.15, 0.2) is 0 Å². The van der Waals surface area contributed by atoms with Crippen LogP contribution in [-0.4, -0.2) is 0 Å². The van der Waals surface area contributed by atoms with Crippen molar-refractivity contribution in [1.82, 2.24) is 0 Å². The van der Waals surface area contributed by atoms with E-state index in [9.17, 15) is 0 Å². The quantitative estimate of drug-likeness (QED) is 0.225. The Morgan fingerprint density at radius 2 is 1.38 bits per heavy atom. The molecule has 3 nitrogen and oxygen atoms in total. The Morgan fingerprint density at radius 3 is 2.21 bits per heavy atom. The molecule has 0 amide bonds. The fraction of sp³-hybridized carbons (Fsp3) is 0. The molecule has 5 aromatic rings. The van der Waals surface area contributed by atoms with E-state index in [1.165, 1.54) is 0 Å². The first-order chi connectivity index (χ1) is 13.9. The van der Waals surface area contributed by atoms with Gasteiger partial charge in [0.05, 0.1) is 0 Å². The smallest absolute Gasteiger partial charge is 0.116 e. The summed E-state index contributed by atoms with van der Waals surface area (Å²) in [7, 11) is 0. The molecular weight excluding hydrogens is 537 g/mol. The molecule has 0 spiro atoms. The zero-order valence-corrected chi connectivity index (χ0v) is 17.8. The third-order valence-corrected chi connectivity index (χ3v) is 5.23. The number of fused-ring (bicyclic) bond motifs is 4. The van der Waals surface area contributed by atoms with Crippen molar-refractivity contribution in [2.75, 3.05) is 9.80 Å². The number of nitrogens with zero attached hydrogens (tertiary/aromatic N) is 2. The second kappa shape index (κ2) is 7.07. The van der Waals surface area contributed by atoms with Crippen LogP contribution >= 0.6 is 0 Å². The van der Waals surface area contributed by atoms with E-state index in [2.05, 4.69) is 83.2 Å². The Balaban J connectivity index is 0.00000181. The number of benzene rings is 4. The Bertz CT molecular complexity index is 1310. The third-order valence-electron chi connectivity index (χ3n) is 5.23. The summed E-state index contributed by atoms with van der Waals surface area (Å²) in [5, 5.41) is 2.23. The van der Waals surface area contributed by atoms with Crippen LogP contribution in [-0.2, 0) is 20.1 Å². The molecule has 0 atom stereocenters. The summed E-state index contributed by atoms with van der Waals surface area (Å²) in [6.45, 7) is 2.11. The van der Waals surface area contributed by atoms with Crippen molar-refractivity contribution in [3.8, 4) is 0 Å². The molecule has 0 N–H and O–H groups in total. The van der Waals surface area contributed by atoms with E-state index in [-0.39, 0.29) is 20.1 Å². The van der Waals surface area contributed by atoms with E-state index in [4.69, 9.17) is 4.42 Å². The number of hydrogen-bond donors (Lipinski definition) is 0. The zero-order valence-electron chi connectivity index (χ0n) is 15.4. The van der Waals surface area contributed by atoms with Crippen LogP contribution in [0.3, 0.4) is 0 Å². The SMILES string of the molecule is [Ir].[c-]1ccc2c(oc3ccccc32)c1N1[CH-]N(c2ccccc2)c2ccccc21. The summed E-state index contributed by atoms with van der Waals surface area (Å²) < 4.78 is 6.24. The minimum Gasteiger partial charge on any atom is -0.514 e. The van der Waals surface area contributed by atoms with E-state index < -0.39 is 0 Å². The normalized spacial score (nSPS) is 13.0. The first-order valence-corrected chi connectivity index (χ1v) is 9.30. The standard InChI is InChI=1S/C25H16N2O.Ir/c1-2-9-18(10-3-1)26-17-27(22-14-6-5-13-21(22)26)23-15-8-12-20-19-11-4-7-16-24(19)28-25(20)23;/h1-14,16-17H;/q-2;. The van der Waals surface area contributed by atoms with Gasteiger partial charge in [-0.25, -0.2) is 0 Å². The van der Waals surface area contributed by atoms with Crippen LogP contribution in [0.4, 0.5) is 22.7 Å². The van der Waals surface area contributed by atoms with Crippen LogP contribution in [0.1, 0.15) is 0 Å². The Kier molecular flexibility index (Phi) is 4.39. The molecule has 143 valence electrons. The van der Waals surface area contributed by atoms with Crippen molar-refractivity contribution in [3.05, 3.63) is 104 Å². The summed E-state index contributed by atoms with van der Waals surface area (Å²) in [6, 6.07) is 34.4. The van der Waals surface area contributed by atoms with Crippen molar-refractivity contribution in [1.29, 1.82) is 0 Å². The largest absolute Gasteiger partial charge is 0.514 e. The third kappa shape index (κ3) is 2.76. The van der Waals surface area contributed by atoms with Crippen molar-refractivity contribution >= 4 is 44.7 Å². The van der Waals surface area contributed by atoms with Gasteiger partial charge < -0.3 is 14.2 Å². The van der Waals surface area contributed by atoms with Crippen LogP contribution in [0.15, 0.2) is 95.4 Å². The predicted octanol–water partition coefficient (Wildman–Crippen LogP) is 6.79. The van der Waals surface area contributed by atoms with E-state index in [0.29, 0.717) is 0 Å². The molecular formula is C25H16IrN2O-2. The average Bonchev–Trinajstić information content (AvgIpc) is 3.33. The maximum absolute atomic E-state index is 6.24. The van der Waals surface area contributed by atoms with Gasteiger partial charge in [0.2, 0.25) is 0 Å². The number of hydrogen-bond acceptors (Lipinski definition) is 3. The molecule has 1 radical (unpaired) electrons. The van der Waals surface area contributed by atoms with Crippen molar-refractivity contribution in [2.45, 2.75) is 0 Å². The maximum atomic E-state index is 6.24. The monoisotopic (exact) mass is 553 g/mol. The predicted molar refractivity (Wildman–Crippen MR) is 114 cm³/mol. The first-order valence-electron chi connectivity index (χ1n) is 9.30. The van der Waals surface area contributed by atoms with Gasteiger partial charge in [-0.1, -0.05) is 59.6 Å². The Morgan fingerprint density at radius 1 is 0.690 bits per heavy atom. The summed E-state index contributed by atoms with van der Waals surface area (Å²) in [6.07, 6.45) is 0. The molecule has 0 saturated heterocycles. The number of furan rings is 1. The molecule has 4 aromatic carbocycles. The molecule has 0 unspecified atom stereocenters. The van der Waals surface area contributed by atoms with Crippen LogP contribution in [0.5, 0.6) is 0 Å². The van der Waals surface area contributed by atoms with Crippen LogP contribution < -0.4 is 9.80 Å². The van der Waals surface area contributed by atoms with Gasteiger partial charge in [0, 0.05) is 48.1 Å². The minimum atomic E-state index is 0. The summed E-state index contributed by atoms with van der Waals surface area (Å²) >= 11 is 0. The minimum absolute atomic E-state index is 0. The molecule has 6 rings (SSSR count). The van der Waals surface area contributed by atoms with Gasteiger partial charge in [-0.2, -0.15) is 18.2 Å². The molecule has 2 heterocycles. The van der Waals surface area contributed by atoms with Crippen molar-refractivity contribution in [2.24, 2.45) is 0 Å². The number of rotatable bonds is 2. The summed E-state index contributed by atoms with van der Waals surface area (Å²) in [5.41, 5.74) is 6.02. The van der Waals surface area contributed by atoms with Gasteiger partial charge in [-0.15, -0.1) is 6.67 Å². The van der Waals surface area contributed by atoms with E-state index in [1.54, 1.807) is 0 Å². The zero-order chi connectivity index (χ0) is 18.5. The van der Waals surface area contributed by atoms with Gasteiger partial charge in [0.1, 0.15) is 5.58 Å². The van der Waals surface area contributed by atoms with E-state index >= 15 is 0 Å². The Labute approximate surface area is 182 Å². The first kappa shape index (κ1) is 18.0. The number of para-hydroxylation sites is 4. The summed E-state index contributed by atoms with van der Waals surface area (Å²) in [5.74, 6) is 0. The molecule has 29 heavy (non-hydrogen) atoms. The molecule has 4 heteroatoms. The fourth-order valence-corrected chi connectivity index (χ4v) is 3.94. The van der Waals surface area contributed by atoms with Crippen LogP contribution in [0.25, 0.3) is 21.9 Å². The van der Waals surface area contributed by atoms with Crippen molar-refractivity contribution in [3.63, 3.8) is 0 Å². The van der Waals surface area contributed by atoms with Crippen LogP contribution in [0.2, 0.25) is 0 Å². The summed E-state index contributed by atoms with van der Waals surface area (Å²) in [4.78, 5) is 4.36. The molecule has 1 aliphatic heterocycles. The van der Waals surface area contributed by atoms with Crippen LogP contribution in [0, 0.1) is 12.7 Å². The molecule has 0 bridgehead atoms. The average molecular weight is 553 g/mol. The molecule has 0 saturated carbocycles. The molecule has 1 aliphatic rings. The molecule has 1 aromatic heterocycles. The van der Waals surface area contributed by atoms with Gasteiger partial charge in [-0.3, -0.25) is 0 Å². The van der Waals surface area contributed by atoms with E-state index in [0.717, 1.165) is 44.7 Å². The fourth-order valence-electron chi connectivity index (χ4n) is 3.94. The molecule has 0 aliphatic carbocycles. The topological polar surface area (TPSA) is 19.6 Å². The second-order valence-electron chi connectivity index (χ2n) is 6.85. The number of anilines is 4. The maximum Gasteiger partial charge on any atom is 0.116 e. The Hall–Kier alpha value is -3.07. The van der Waals surface area contributed by atoms with Crippen molar-refractivity contribution < 1.29 is 24.5 Å². The molecule has 0 fully saturated rings. The van der Waals surface area contributed by atoms with Gasteiger partial charge in [-0.05, 0) is 30.3 Å². The van der Waals surface area contributed by atoms with Gasteiger partial charge in [0.25, 0.3) is 0 Å². The second-order valence-corrected chi connectivity index (χ2v) is 6.85.